The molecule has 10 nitrogen and oxygen atoms in total. The number of ether oxygens (including phenoxy) is 6. The van der Waals surface area contributed by atoms with Crippen LogP contribution in [-0.4, -0.2) is 51.5 Å². The van der Waals surface area contributed by atoms with Crippen molar-refractivity contribution in [1.29, 1.82) is 0 Å². The Morgan fingerprint density at radius 3 is 0.680 bits per heavy atom. The summed E-state index contributed by atoms with van der Waals surface area (Å²) < 4.78 is 40.7. The second-order valence-electron chi connectivity index (χ2n) is 33.4. The predicted octanol–water partition coefficient (Wildman–Crippen LogP) is 25.2. The Balaban J connectivity index is 1.49. The highest BCUT2D eigenvalue weighted by molar-refractivity contribution is 6.07. The van der Waals surface area contributed by atoms with E-state index in [0.29, 0.717) is 156 Å². The zero-order valence-electron chi connectivity index (χ0n) is 66.7. The molecule has 562 valence electrons. The first-order chi connectivity index (χ1) is 47.9. The molecule has 0 spiro atoms. The van der Waals surface area contributed by atoms with Gasteiger partial charge in [-0.25, -0.2) is 0 Å². The lowest BCUT2D eigenvalue weighted by molar-refractivity contribution is 0.0941. The zero-order chi connectivity index (χ0) is 72.9. The number of amides is 2. The van der Waals surface area contributed by atoms with E-state index in [1.165, 1.54) is 77.0 Å². The molecule has 0 unspecified atom stereocenters. The molecule has 2 amide bonds. The standard InChI is InChI=1S/C90H144N2O8/c1-63(2)29-23-35-69(13)45-51-95-83-57-75(58-84(96-52-46-70(14)36-24-30-64(3)4)87(83)99-55-49-73(17)39-27-33-67(9)10)89(93)91-61-81-77-41-19-21-43-79(77)82(80-44-22-20-42-78(80)81)62-92-90(94)76-59-85(97-53-47-71(15)37-25-31-65(5)6)88(100-56-50-74(18)40-28-34-68(11)12)86(60-76)98-54-48-72(16)38-26-32-66(7)8/h19-22,41-44,57-60,63-74H,23-40,45-56,61-62H2,1-18H3,(H,91,93)(H,92,94)/t69-,70-,71-,72-,73-,74-/m0/s1. The van der Waals surface area contributed by atoms with Crippen LogP contribution < -0.4 is 39.1 Å². The first-order valence-corrected chi connectivity index (χ1v) is 40.5. The van der Waals surface area contributed by atoms with Gasteiger partial charge in [-0.15, -0.1) is 0 Å². The van der Waals surface area contributed by atoms with Crippen molar-refractivity contribution in [3.05, 3.63) is 95.1 Å². The third kappa shape index (κ3) is 32.4. The van der Waals surface area contributed by atoms with E-state index in [4.69, 9.17) is 28.4 Å². The van der Waals surface area contributed by atoms with E-state index >= 15 is 9.59 Å². The van der Waals surface area contributed by atoms with Gasteiger partial charge in [0.2, 0.25) is 11.5 Å². The normalized spacial score (nSPS) is 13.8. The van der Waals surface area contributed by atoms with Gasteiger partial charge < -0.3 is 39.1 Å². The lowest BCUT2D eigenvalue weighted by Crippen LogP contribution is -2.25. The van der Waals surface area contributed by atoms with Crippen LogP contribution in [-0.2, 0) is 13.1 Å². The second kappa shape index (κ2) is 46.9. The summed E-state index contributed by atoms with van der Waals surface area (Å²) in [4.78, 5) is 30.0. The van der Waals surface area contributed by atoms with E-state index in [1.807, 2.05) is 24.3 Å². The smallest absolute Gasteiger partial charge is 0.251 e. The lowest BCUT2D eigenvalue weighted by atomic mass is 9.91. The van der Waals surface area contributed by atoms with Crippen molar-refractivity contribution in [2.45, 2.75) is 292 Å². The quantitative estimate of drug-likeness (QED) is 0.0370. The topological polar surface area (TPSA) is 114 Å². The minimum Gasteiger partial charge on any atom is -0.490 e. The van der Waals surface area contributed by atoms with Gasteiger partial charge >= 0.3 is 0 Å². The average molecular weight is 1380 g/mol. The van der Waals surface area contributed by atoms with Crippen LogP contribution in [0.25, 0.3) is 21.5 Å². The molecule has 0 aliphatic heterocycles. The van der Waals surface area contributed by atoms with Gasteiger partial charge in [-0.05, 0) is 166 Å². The summed E-state index contributed by atoms with van der Waals surface area (Å²) in [5, 5.41) is 10.8. The summed E-state index contributed by atoms with van der Waals surface area (Å²) in [5.41, 5.74) is 2.92. The van der Waals surface area contributed by atoms with Crippen LogP contribution in [0.1, 0.15) is 311 Å². The fourth-order valence-corrected chi connectivity index (χ4v) is 13.7. The molecule has 0 saturated heterocycles. The molecule has 0 fully saturated rings. The van der Waals surface area contributed by atoms with E-state index in [-0.39, 0.29) is 24.9 Å². The third-order valence-corrected chi connectivity index (χ3v) is 20.6. The Morgan fingerprint density at radius 1 is 0.280 bits per heavy atom. The van der Waals surface area contributed by atoms with Crippen molar-refractivity contribution < 1.29 is 38.0 Å². The van der Waals surface area contributed by atoms with Crippen molar-refractivity contribution in [3.63, 3.8) is 0 Å². The van der Waals surface area contributed by atoms with E-state index in [1.54, 1.807) is 0 Å². The third-order valence-electron chi connectivity index (χ3n) is 20.6. The van der Waals surface area contributed by atoms with Gasteiger partial charge in [0.1, 0.15) is 0 Å². The van der Waals surface area contributed by atoms with Crippen LogP contribution in [0, 0.1) is 71.0 Å². The molecule has 0 saturated carbocycles. The summed E-state index contributed by atoms with van der Waals surface area (Å²) >= 11 is 0. The van der Waals surface area contributed by atoms with Crippen molar-refractivity contribution in [1.82, 2.24) is 10.6 Å². The van der Waals surface area contributed by atoms with Crippen molar-refractivity contribution in [3.8, 4) is 34.5 Å². The largest absolute Gasteiger partial charge is 0.490 e. The second-order valence-corrected chi connectivity index (χ2v) is 33.4. The summed E-state index contributed by atoms with van der Waals surface area (Å²) in [7, 11) is 0. The monoisotopic (exact) mass is 1380 g/mol. The molecule has 0 aliphatic carbocycles. The molecule has 0 heterocycles. The van der Waals surface area contributed by atoms with Crippen molar-refractivity contribution in [2.24, 2.45) is 71.0 Å². The molecular formula is C90H144N2O8. The summed E-state index contributed by atoms with van der Waals surface area (Å²) in [6.07, 6.45) is 26.9. The van der Waals surface area contributed by atoms with Crippen LogP contribution >= 0.6 is 0 Å². The average Bonchev–Trinajstić information content (AvgIpc) is 0.755. The van der Waals surface area contributed by atoms with Gasteiger partial charge in [-0.3, -0.25) is 9.59 Å². The number of fused-ring (bicyclic) bond motifs is 2. The molecule has 10 heteroatoms. The van der Waals surface area contributed by atoms with E-state index < -0.39 is 0 Å². The van der Waals surface area contributed by atoms with Crippen LogP contribution in [0.3, 0.4) is 0 Å². The predicted molar refractivity (Wildman–Crippen MR) is 424 cm³/mol. The van der Waals surface area contributed by atoms with Gasteiger partial charge in [0, 0.05) is 24.2 Å². The highest BCUT2D eigenvalue weighted by Gasteiger charge is 2.25. The number of nitrogens with one attached hydrogen (secondary N) is 2. The highest BCUT2D eigenvalue weighted by atomic mass is 16.5. The van der Waals surface area contributed by atoms with Crippen LogP contribution in [0.2, 0.25) is 0 Å². The molecule has 0 aliphatic rings. The molecule has 5 rings (SSSR count). The Hall–Kier alpha value is -5.64. The molecule has 0 radical (unpaired) electrons. The number of hydrogen-bond donors (Lipinski definition) is 2. The first kappa shape index (κ1) is 85.0. The number of benzene rings is 5. The number of carbonyl (C=O) groups excluding carboxylic acids is 2. The molecular weight excluding hydrogens is 1240 g/mol. The van der Waals surface area contributed by atoms with Gasteiger partial charge in [0.25, 0.3) is 11.8 Å². The van der Waals surface area contributed by atoms with Gasteiger partial charge in [-0.1, -0.05) is 289 Å². The van der Waals surface area contributed by atoms with Gasteiger partial charge in [-0.2, -0.15) is 0 Å². The van der Waals surface area contributed by atoms with Crippen molar-refractivity contribution in [2.75, 3.05) is 39.6 Å². The molecule has 0 bridgehead atoms. The maximum atomic E-state index is 15.0. The molecule has 6 atom stereocenters. The van der Waals surface area contributed by atoms with E-state index in [9.17, 15) is 0 Å². The SMILES string of the molecule is CC(C)CCC[C@H](C)CCOc1cc(C(=O)NCc2c3ccccc3c(CNC(=O)c3cc(OCC[C@@H](C)CCCC(C)C)c(OCC[C@@H](C)CCCC(C)C)c(OCC[C@@H](C)CCCC(C)C)c3)c3ccccc23)cc(OCC[C@@H](C)CCCC(C)C)c1OCC[C@@H](C)CCCC(C)C. The van der Waals surface area contributed by atoms with E-state index in [0.717, 1.165) is 110 Å². The molecule has 100 heavy (non-hydrogen) atoms. The first-order valence-electron chi connectivity index (χ1n) is 40.5. The maximum absolute atomic E-state index is 15.0. The summed E-state index contributed by atoms with van der Waals surface area (Å²) in [6.45, 7) is 45.1. The molecule has 2 N–H and O–H groups in total. The minimum atomic E-state index is -0.226. The van der Waals surface area contributed by atoms with E-state index in [2.05, 4.69) is 184 Å². The Labute approximate surface area is 610 Å². The van der Waals surface area contributed by atoms with Crippen LogP contribution in [0.5, 0.6) is 34.5 Å². The van der Waals surface area contributed by atoms with Crippen LogP contribution in [0.4, 0.5) is 0 Å². The fourth-order valence-electron chi connectivity index (χ4n) is 13.7. The summed E-state index contributed by atoms with van der Waals surface area (Å²) in [5.74, 6) is 10.1. The zero-order valence-corrected chi connectivity index (χ0v) is 66.7. The van der Waals surface area contributed by atoms with Gasteiger partial charge in [0.05, 0.1) is 39.6 Å². The van der Waals surface area contributed by atoms with Gasteiger partial charge in [0.15, 0.2) is 23.0 Å². The number of rotatable bonds is 54. The lowest BCUT2D eigenvalue weighted by Gasteiger charge is -2.21. The Bertz CT molecular complexity index is 2740. The molecule has 5 aromatic rings. The van der Waals surface area contributed by atoms with Crippen molar-refractivity contribution >= 4 is 33.4 Å². The molecule has 0 aromatic heterocycles. The van der Waals surface area contributed by atoms with Crippen LogP contribution in [0.15, 0.2) is 72.8 Å². The number of carbonyl (C=O) groups is 2. The highest BCUT2D eigenvalue weighted by Crippen LogP contribution is 2.43. The maximum Gasteiger partial charge on any atom is 0.251 e. The summed E-state index contributed by atoms with van der Waals surface area (Å²) in [6, 6.07) is 24.2. The minimum absolute atomic E-state index is 0.226. The fraction of sp³-hybridized carbons (Fsp3) is 0.689. The Kier molecular flexibility index (Phi) is 39.8. The molecule has 5 aromatic carbocycles. The Morgan fingerprint density at radius 2 is 0.480 bits per heavy atom. The number of hydrogen-bond acceptors (Lipinski definition) is 8.